The topological polar surface area (TPSA) is 97.1 Å². The maximum Gasteiger partial charge on any atom is 0.405 e. The molecule has 1 fully saturated rings. The van der Waals surface area contributed by atoms with Crippen molar-refractivity contribution in [1.82, 2.24) is 19.9 Å². The maximum absolute atomic E-state index is 14.2. The summed E-state index contributed by atoms with van der Waals surface area (Å²) in [5.41, 5.74) is 0.256. The summed E-state index contributed by atoms with van der Waals surface area (Å²) in [4.78, 5) is 33.2. The molecular weight excluding hydrogens is 387 g/mol. The lowest BCUT2D eigenvalue weighted by atomic mass is 10.1. The predicted octanol–water partition coefficient (Wildman–Crippen LogP) is 3.60. The SMILES string of the molecule is Cc1c(F)cncc1-n1c(C(NC(=O)O)C2CC2)nc2cccc(Cl)c2c1=O. The molecule has 144 valence electrons. The highest BCUT2D eigenvalue weighted by molar-refractivity contribution is 6.35. The first-order valence-electron chi connectivity index (χ1n) is 8.69. The quantitative estimate of drug-likeness (QED) is 0.695. The predicted molar refractivity (Wildman–Crippen MR) is 101 cm³/mol. The maximum atomic E-state index is 14.2. The Morgan fingerprint density at radius 3 is 2.82 bits per heavy atom. The molecule has 0 saturated heterocycles. The molecule has 0 bridgehead atoms. The van der Waals surface area contributed by atoms with Crippen LogP contribution in [0.1, 0.15) is 30.3 Å². The number of aromatic nitrogens is 3. The van der Waals surface area contributed by atoms with Crippen molar-refractivity contribution in [3.63, 3.8) is 0 Å². The van der Waals surface area contributed by atoms with E-state index in [4.69, 9.17) is 11.6 Å². The molecule has 0 spiro atoms. The number of fused-ring (bicyclic) bond motifs is 1. The van der Waals surface area contributed by atoms with Crippen LogP contribution in [0.3, 0.4) is 0 Å². The first-order chi connectivity index (χ1) is 13.4. The Morgan fingerprint density at radius 1 is 1.39 bits per heavy atom. The number of amides is 1. The van der Waals surface area contributed by atoms with Crippen molar-refractivity contribution in [2.75, 3.05) is 0 Å². The molecule has 0 aliphatic heterocycles. The van der Waals surface area contributed by atoms with Crippen molar-refractivity contribution in [3.8, 4) is 5.69 Å². The van der Waals surface area contributed by atoms with Gasteiger partial charge in [-0.2, -0.15) is 0 Å². The van der Waals surface area contributed by atoms with E-state index in [0.717, 1.165) is 19.0 Å². The average molecular weight is 403 g/mol. The van der Waals surface area contributed by atoms with Gasteiger partial charge >= 0.3 is 6.09 Å². The summed E-state index contributed by atoms with van der Waals surface area (Å²) in [5, 5.41) is 12.1. The number of carbonyl (C=O) groups is 1. The zero-order valence-corrected chi connectivity index (χ0v) is 15.6. The second-order valence-corrected chi connectivity index (χ2v) is 7.18. The van der Waals surface area contributed by atoms with Gasteiger partial charge in [0.2, 0.25) is 0 Å². The van der Waals surface area contributed by atoms with E-state index >= 15 is 0 Å². The third-order valence-corrected chi connectivity index (χ3v) is 5.21. The number of nitrogens with one attached hydrogen (secondary N) is 1. The highest BCUT2D eigenvalue weighted by Gasteiger charge is 2.37. The molecule has 1 unspecified atom stereocenters. The van der Waals surface area contributed by atoms with E-state index in [1.54, 1.807) is 18.2 Å². The number of pyridine rings is 1. The minimum absolute atomic E-state index is 0.00714. The first-order valence-corrected chi connectivity index (χ1v) is 9.07. The van der Waals surface area contributed by atoms with Crippen molar-refractivity contribution in [2.45, 2.75) is 25.8 Å². The van der Waals surface area contributed by atoms with E-state index in [1.165, 1.54) is 17.7 Å². The fourth-order valence-corrected chi connectivity index (χ4v) is 3.57. The van der Waals surface area contributed by atoms with Crippen LogP contribution in [0.2, 0.25) is 5.02 Å². The van der Waals surface area contributed by atoms with E-state index in [0.29, 0.717) is 5.52 Å². The van der Waals surface area contributed by atoms with Gasteiger partial charge in [0.05, 0.1) is 40.0 Å². The molecule has 1 amide bonds. The van der Waals surface area contributed by atoms with Crippen LogP contribution in [0.15, 0.2) is 35.4 Å². The van der Waals surface area contributed by atoms with Gasteiger partial charge < -0.3 is 10.4 Å². The molecule has 7 nitrogen and oxygen atoms in total. The fraction of sp³-hybridized carbons (Fsp3) is 0.263. The molecule has 0 radical (unpaired) electrons. The largest absolute Gasteiger partial charge is 0.465 e. The summed E-state index contributed by atoms with van der Waals surface area (Å²) in [5.74, 6) is -0.378. The molecule has 4 rings (SSSR count). The Kier molecular flexibility index (Phi) is 4.50. The van der Waals surface area contributed by atoms with E-state index in [-0.39, 0.29) is 33.4 Å². The van der Waals surface area contributed by atoms with Crippen LogP contribution >= 0.6 is 11.6 Å². The van der Waals surface area contributed by atoms with E-state index in [9.17, 15) is 19.1 Å². The summed E-state index contributed by atoms with van der Waals surface area (Å²) in [6.07, 6.45) is 2.79. The number of halogens is 2. The molecule has 1 aromatic carbocycles. The van der Waals surface area contributed by atoms with E-state index in [2.05, 4.69) is 15.3 Å². The fourth-order valence-electron chi connectivity index (χ4n) is 3.32. The number of nitrogens with zero attached hydrogens (tertiary/aromatic N) is 3. The van der Waals surface area contributed by atoms with E-state index < -0.39 is 23.5 Å². The zero-order chi connectivity index (χ0) is 20.0. The van der Waals surface area contributed by atoms with Crippen molar-refractivity contribution >= 4 is 28.6 Å². The van der Waals surface area contributed by atoms with Crippen LogP contribution < -0.4 is 10.9 Å². The third kappa shape index (κ3) is 3.09. The Morgan fingerprint density at radius 2 is 2.14 bits per heavy atom. The Balaban J connectivity index is 2.09. The highest BCUT2D eigenvalue weighted by atomic mass is 35.5. The van der Waals surface area contributed by atoms with Gasteiger partial charge in [-0.25, -0.2) is 14.2 Å². The molecule has 28 heavy (non-hydrogen) atoms. The number of hydrogen-bond acceptors (Lipinski definition) is 4. The molecular formula is C19H16ClFN4O3. The minimum Gasteiger partial charge on any atom is -0.465 e. The summed E-state index contributed by atoms with van der Waals surface area (Å²) in [7, 11) is 0. The lowest BCUT2D eigenvalue weighted by molar-refractivity contribution is 0.187. The molecule has 1 aliphatic rings. The van der Waals surface area contributed by atoms with Crippen molar-refractivity contribution in [1.29, 1.82) is 0 Å². The number of carboxylic acid groups (broad SMARTS) is 1. The summed E-state index contributed by atoms with van der Waals surface area (Å²) in [6.45, 7) is 1.52. The Bertz CT molecular complexity index is 1160. The smallest absolute Gasteiger partial charge is 0.405 e. The minimum atomic E-state index is -1.22. The molecule has 2 N–H and O–H groups in total. The average Bonchev–Trinajstić information content (AvgIpc) is 3.47. The van der Waals surface area contributed by atoms with Gasteiger partial charge in [0, 0.05) is 5.56 Å². The van der Waals surface area contributed by atoms with Crippen LogP contribution in [0, 0.1) is 18.7 Å². The van der Waals surface area contributed by atoms with Gasteiger partial charge in [-0.15, -0.1) is 0 Å². The highest BCUT2D eigenvalue weighted by Crippen LogP contribution is 2.41. The molecule has 1 atom stereocenters. The molecule has 1 saturated carbocycles. The van der Waals surface area contributed by atoms with Gasteiger partial charge in [-0.05, 0) is 37.8 Å². The van der Waals surface area contributed by atoms with Crippen LogP contribution in [0.5, 0.6) is 0 Å². The lowest BCUT2D eigenvalue weighted by Gasteiger charge is -2.22. The number of hydrogen-bond donors (Lipinski definition) is 2. The zero-order valence-electron chi connectivity index (χ0n) is 14.8. The molecule has 2 aromatic heterocycles. The van der Waals surface area contributed by atoms with Crippen LogP contribution in [-0.4, -0.2) is 25.7 Å². The monoisotopic (exact) mass is 402 g/mol. The summed E-state index contributed by atoms with van der Waals surface area (Å²) < 4.78 is 15.4. The van der Waals surface area contributed by atoms with Gasteiger partial charge in [-0.1, -0.05) is 17.7 Å². The van der Waals surface area contributed by atoms with Crippen molar-refractivity contribution in [2.24, 2.45) is 5.92 Å². The normalized spacial score (nSPS) is 14.8. The molecule has 1 aliphatic carbocycles. The standard InChI is InChI=1S/C19H16ClFN4O3/c1-9-12(21)7-22-8-14(9)25-17(16(10-5-6-10)24-19(27)28)23-13-4-2-3-11(20)15(13)18(25)26/h2-4,7-8,10,16,24H,5-6H2,1H3,(H,27,28). The van der Waals surface area contributed by atoms with Crippen LogP contribution in [0.4, 0.5) is 9.18 Å². The third-order valence-electron chi connectivity index (χ3n) is 4.89. The Hall–Kier alpha value is -3.00. The number of rotatable bonds is 4. The van der Waals surface area contributed by atoms with Crippen LogP contribution in [0.25, 0.3) is 16.6 Å². The lowest BCUT2D eigenvalue weighted by Crippen LogP contribution is -2.35. The van der Waals surface area contributed by atoms with Gasteiger partial charge in [0.15, 0.2) is 0 Å². The molecule has 3 aromatic rings. The van der Waals surface area contributed by atoms with Crippen molar-refractivity contribution in [3.05, 3.63) is 63.2 Å². The Labute approximate surface area is 163 Å². The van der Waals surface area contributed by atoms with E-state index in [1.807, 2.05) is 0 Å². The molecule has 9 heteroatoms. The van der Waals surface area contributed by atoms with Crippen molar-refractivity contribution < 1.29 is 14.3 Å². The second kappa shape index (κ2) is 6.87. The van der Waals surface area contributed by atoms with Gasteiger partial charge in [0.25, 0.3) is 5.56 Å². The molecule has 2 heterocycles. The first kappa shape index (κ1) is 18.4. The van der Waals surface area contributed by atoms with Gasteiger partial charge in [0.1, 0.15) is 11.6 Å². The summed E-state index contributed by atoms with van der Waals surface area (Å²) in [6, 6.07) is 4.16. The van der Waals surface area contributed by atoms with Gasteiger partial charge in [-0.3, -0.25) is 14.3 Å². The number of benzene rings is 1. The second-order valence-electron chi connectivity index (χ2n) is 6.77. The summed E-state index contributed by atoms with van der Waals surface area (Å²) >= 11 is 6.23. The van der Waals surface area contributed by atoms with Crippen LogP contribution in [-0.2, 0) is 0 Å².